The van der Waals surface area contributed by atoms with Crippen LogP contribution in [-0.2, 0) is 28.5 Å². The van der Waals surface area contributed by atoms with E-state index in [1.807, 2.05) is 65.7 Å². The molecule has 2 aliphatic rings. The van der Waals surface area contributed by atoms with E-state index < -0.39 is 30.5 Å². The molecule has 0 bridgehead atoms. The number of carbonyl (C=O) groups excluding carboxylic acids is 1. The first-order valence-electron chi connectivity index (χ1n) is 10.2. The van der Waals surface area contributed by atoms with Crippen LogP contribution in [0.3, 0.4) is 0 Å². The van der Waals surface area contributed by atoms with E-state index in [-0.39, 0.29) is 12.1 Å². The number of para-hydroxylation sites is 2. The SMILES string of the molecule is COC[C@@H](OC)[C@H]1O[C@H]2[C@H](OC(=O)[C@@H]2NN(c2ccccc2)c2ccccc2)[C@H]1OC. The Morgan fingerprint density at radius 1 is 0.968 bits per heavy atom. The lowest BCUT2D eigenvalue weighted by Crippen LogP contribution is -2.51. The molecule has 6 atom stereocenters. The number of ether oxygens (including phenoxy) is 5. The summed E-state index contributed by atoms with van der Waals surface area (Å²) in [6.07, 6.45) is -2.30. The maximum Gasteiger partial charge on any atom is 0.328 e. The molecule has 2 heterocycles. The summed E-state index contributed by atoms with van der Waals surface area (Å²) in [5, 5.41) is 1.87. The third-order valence-corrected chi connectivity index (χ3v) is 5.69. The first kappa shape index (κ1) is 21.7. The molecule has 166 valence electrons. The number of rotatable bonds is 9. The number of fused-ring (bicyclic) bond motifs is 1. The molecule has 0 aliphatic carbocycles. The first-order chi connectivity index (χ1) is 15.2. The van der Waals surface area contributed by atoms with E-state index in [0.29, 0.717) is 6.61 Å². The number of anilines is 2. The summed E-state index contributed by atoms with van der Waals surface area (Å²) in [7, 11) is 4.78. The smallest absolute Gasteiger partial charge is 0.328 e. The van der Waals surface area contributed by atoms with Crippen LogP contribution in [0.15, 0.2) is 60.7 Å². The minimum Gasteiger partial charge on any atom is -0.455 e. The predicted octanol–water partition coefficient (Wildman–Crippen LogP) is 2.07. The van der Waals surface area contributed by atoms with Gasteiger partial charge >= 0.3 is 5.97 Å². The maximum absolute atomic E-state index is 12.8. The Morgan fingerprint density at radius 2 is 1.58 bits per heavy atom. The second kappa shape index (κ2) is 9.76. The molecular formula is C23H28N2O6. The molecule has 0 unspecified atom stereocenters. The van der Waals surface area contributed by atoms with Crippen LogP contribution in [-0.4, -0.2) is 70.5 Å². The third kappa shape index (κ3) is 4.30. The third-order valence-electron chi connectivity index (χ3n) is 5.69. The Bertz CT molecular complexity index is 812. The first-order valence-corrected chi connectivity index (χ1v) is 10.2. The van der Waals surface area contributed by atoms with Gasteiger partial charge in [0, 0.05) is 21.3 Å². The minimum absolute atomic E-state index is 0.340. The van der Waals surface area contributed by atoms with Gasteiger partial charge in [-0.25, -0.2) is 5.43 Å². The number of carbonyl (C=O) groups is 1. The van der Waals surface area contributed by atoms with Gasteiger partial charge < -0.3 is 23.7 Å². The van der Waals surface area contributed by atoms with Gasteiger partial charge in [-0.15, -0.1) is 0 Å². The van der Waals surface area contributed by atoms with E-state index in [9.17, 15) is 4.79 Å². The highest BCUT2D eigenvalue weighted by molar-refractivity contribution is 5.80. The molecule has 8 nitrogen and oxygen atoms in total. The number of nitrogens with one attached hydrogen (secondary N) is 1. The molecule has 1 N–H and O–H groups in total. The monoisotopic (exact) mass is 428 g/mol. The summed E-state index contributed by atoms with van der Waals surface area (Å²) in [4.78, 5) is 12.8. The molecule has 2 saturated heterocycles. The van der Waals surface area contributed by atoms with Gasteiger partial charge in [-0.1, -0.05) is 36.4 Å². The summed E-state index contributed by atoms with van der Waals surface area (Å²) in [6.45, 7) is 0.340. The minimum atomic E-state index is -0.715. The summed E-state index contributed by atoms with van der Waals surface area (Å²) in [5.74, 6) is -0.381. The van der Waals surface area contributed by atoms with Crippen molar-refractivity contribution in [3.8, 4) is 0 Å². The van der Waals surface area contributed by atoms with Gasteiger partial charge in [0.25, 0.3) is 0 Å². The fourth-order valence-corrected chi connectivity index (χ4v) is 4.20. The standard InChI is InChI=1S/C23H28N2O6/c1-27-14-17(28-2)19-21(29-3)22-20(30-19)18(23(26)31-22)24-25(15-10-6-4-7-11-15)16-12-8-5-9-13-16/h4-13,17-22,24H,14H2,1-3H3/t17-,18-,19-,20-,21+,22+/m1/s1. The normalized spacial score (nSPS) is 28.2. The predicted molar refractivity (Wildman–Crippen MR) is 114 cm³/mol. The van der Waals surface area contributed by atoms with Crippen molar-refractivity contribution < 1.29 is 28.5 Å². The van der Waals surface area contributed by atoms with Gasteiger partial charge in [-0.3, -0.25) is 9.80 Å². The molecule has 4 rings (SSSR count). The van der Waals surface area contributed by atoms with Crippen molar-refractivity contribution in [3.05, 3.63) is 60.7 Å². The highest BCUT2D eigenvalue weighted by Gasteiger charge is 2.59. The van der Waals surface area contributed by atoms with Crippen molar-refractivity contribution >= 4 is 17.3 Å². The second-order valence-corrected chi connectivity index (χ2v) is 7.51. The van der Waals surface area contributed by atoms with Crippen molar-refractivity contribution in [2.45, 2.75) is 36.6 Å². The van der Waals surface area contributed by atoms with Crippen LogP contribution < -0.4 is 10.4 Å². The lowest BCUT2D eigenvalue weighted by Gasteiger charge is -2.30. The summed E-state index contributed by atoms with van der Waals surface area (Å²) in [6, 6.07) is 18.8. The Balaban J connectivity index is 1.60. The topological polar surface area (TPSA) is 78.5 Å². The fourth-order valence-electron chi connectivity index (χ4n) is 4.20. The molecule has 0 radical (unpaired) electrons. The number of esters is 1. The quantitative estimate of drug-likeness (QED) is 0.481. The maximum atomic E-state index is 12.8. The van der Waals surface area contributed by atoms with Crippen LogP contribution in [0.25, 0.3) is 0 Å². The number of hydrogen-bond donors (Lipinski definition) is 1. The summed E-state index contributed by atoms with van der Waals surface area (Å²) >= 11 is 0. The molecule has 0 aromatic heterocycles. The van der Waals surface area contributed by atoms with Crippen LogP contribution >= 0.6 is 0 Å². The van der Waals surface area contributed by atoms with Crippen LogP contribution in [0.5, 0.6) is 0 Å². The Labute approximate surface area is 182 Å². The van der Waals surface area contributed by atoms with Gasteiger partial charge in [0.1, 0.15) is 24.4 Å². The van der Waals surface area contributed by atoms with E-state index in [0.717, 1.165) is 11.4 Å². The van der Waals surface area contributed by atoms with Gasteiger partial charge in [-0.2, -0.15) is 0 Å². The van der Waals surface area contributed by atoms with Crippen molar-refractivity contribution in [3.63, 3.8) is 0 Å². The van der Waals surface area contributed by atoms with Crippen LogP contribution in [0.1, 0.15) is 0 Å². The van der Waals surface area contributed by atoms with Crippen molar-refractivity contribution in [1.29, 1.82) is 0 Å². The molecule has 0 saturated carbocycles. The van der Waals surface area contributed by atoms with E-state index in [2.05, 4.69) is 5.43 Å². The molecule has 2 aromatic rings. The zero-order valence-corrected chi connectivity index (χ0v) is 17.8. The number of hydrazine groups is 1. The van der Waals surface area contributed by atoms with Gasteiger partial charge in [-0.05, 0) is 24.3 Å². The Morgan fingerprint density at radius 3 is 2.10 bits per heavy atom. The lowest BCUT2D eigenvalue weighted by atomic mass is 10.0. The number of benzene rings is 2. The average molecular weight is 428 g/mol. The number of nitrogens with zero attached hydrogens (tertiary/aromatic N) is 1. The molecular weight excluding hydrogens is 400 g/mol. The molecule has 31 heavy (non-hydrogen) atoms. The lowest BCUT2D eigenvalue weighted by molar-refractivity contribution is -0.153. The van der Waals surface area contributed by atoms with Crippen LogP contribution in [0, 0.1) is 0 Å². The van der Waals surface area contributed by atoms with Gasteiger partial charge in [0.15, 0.2) is 12.1 Å². The van der Waals surface area contributed by atoms with Gasteiger partial charge in [0.2, 0.25) is 0 Å². The van der Waals surface area contributed by atoms with Crippen molar-refractivity contribution in [2.24, 2.45) is 0 Å². The highest BCUT2D eigenvalue weighted by atomic mass is 16.7. The van der Waals surface area contributed by atoms with Crippen molar-refractivity contribution in [1.82, 2.24) is 5.43 Å². The zero-order chi connectivity index (χ0) is 21.8. The molecule has 2 aliphatic heterocycles. The second-order valence-electron chi connectivity index (χ2n) is 7.51. The Kier molecular flexibility index (Phi) is 6.84. The number of hydrogen-bond acceptors (Lipinski definition) is 8. The largest absolute Gasteiger partial charge is 0.455 e. The molecule has 8 heteroatoms. The van der Waals surface area contributed by atoms with Crippen LogP contribution in [0.2, 0.25) is 0 Å². The van der Waals surface area contributed by atoms with E-state index in [1.165, 1.54) is 0 Å². The fraction of sp³-hybridized carbons (Fsp3) is 0.435. The Hall–Kier alpha value is -2.49. The molecule has 0 spiro atoms. The zero-order valence-electron chi connectivity index (χ0n) is 17.8. The number of methoxy groups -OCH3 is 3. The summed E-state index contributed by atoms with van der Waals surface area (Å²) in [5.41, 5.74) is 5.10. The average Bonchev–Trinajstić information content (AvgIpc) is 3.31. The van der Waals surface area contributed by atoms with Crippen LogP contribution in [0.4, 0.5) is 11.4 Å². The van der Waals surface area contributed by atoms with E-state index in [4.69, 9.17) is 23.7 Å². The highest BCUT2D eigenvalue weighted by Crippen LogP contribution is 2.36. The molecule has 2 fully saturated rings. The van der Waals surface area contributed by atoms with Gasteiger partial charge in [0.05, 0.1) is 18.0 Å². The van der Waals surface area contributed by atoms with Crippen molar-refractivity contribution in [2.75, 3.05) is 32.9 Å². The summed E-state index contributed by atoms with van der Waals surface area (Å²) < 4.78 is 28.5. The van der Waals surface area contributed by atoms with E-state index >= 15 is 0 Å². The molecule has 2 aromatic carbocycles. The van der Waals surface area contributed by atoms with E-state index in [1.54, 1.807) is 21.3 Å². The molecule has 0 amide bonds.